The second-order valence-corrected chi connectivity index (χ2v) is 9.36. The normalized spacial score (nSPS) is 11.2. The third kappa shape index (κ3) is 5.69. The number of aryl methyl sites for hydroxylation is 1. The maximum Gasteiger partial charge on any atom is 0.271 e. The van der Waals surface area contributed by atoms with E-state index >= 15 is 0 Å². The number of hydrogen-bond acceptors (Lipinski definition) is 4. The Morgan fingerprint density at radius 3 is 2.42 bits per heavy atom. The van der Waals surface area contributed by atoms with Crippen molar-refractivity contribution in [3.05, 3.63) is 100 Å². The first-order valence-corrected chi connectivity index (χ1v) is 12.4. The zero-order valence-electron chi connectivity index (χ0n) is 20.7. The summed E-state index contributed by atoms with van der Waals surface area (Å²) >= 11 is 3.52. The van der Waals surface area contributed by atoms with Gasteiger partial charge in [0.15, 0.2) is 11.5 Å². The second kappa shape index (κ2) is 11.3. The molecule has 7 heteroatoms. The lowest BCUT2D eigenvalue weighted by molar-refractivity contribution is 0.0955. The van der Waals surface area contributed by atoms with Crippen LogP contribution in [0.5, 0.6) is 11.5 Å². The molecule has 0 aliphatic rings. The lowest BCUT2D eigenvalue weighted by Crippen LogP contribution is -2.17. The Bertz CT molecular complexity index is 1380. The maximum absolute atomic E-state index is 12.7. The number of benzene rings is 3. The van der Waals surface area contributed by atoms with Crippen LogP contribution < -0.4 is 14.9 Å². The van der Waals surface area contributed by atoms with Gasteiger partial charge in [-0.2, -0.15) is 5.10 Å². The van der Waals surface area contributed by atoms with E-state index in [1.165, 1.54) is 0 Å². The van der Waals surface area contributed by atoms with E-state index in [1.54, 1.807) is 31.5 Å². The highest BCUT2D eigenvalue weighted by Crippen LogP contribution is 2.37. The summed E-state index contributed by atoms with van der Waals surface area (Å²) in [6.45, 7) is 5.97. The summed E-state index contributed by atoms with van der Waals surface area (Å²) in [7, 11) is 1.58. The highest BCUT2D eigenvalue weighted by atomic mass is 79.9. The van der Waals surface area contributed by atoms with Crippen molar-refractivity contribution in [1.29, 1.82) is 0 Å². The molecule has 6 nitrogen and oxygen atoms in total. The first-order chi connectivity index (χ1) is 17.4. The molecule has 0 radical (unpaired) electrons. The highest BCUT2D eigenvalue weighted by Gasteiger charge is 2.13. The summed E-state index contributed by atoms with van der Waals surface area (Å²) in [6.07, 6.45) is 1.57. The fourth-order valence-corrected chi connectivity index (χ4v) is 4.42. The molecule has 0 unspecified atom stereocenters. The zero-order valence-corrected chi connectivity index (χ0v) is 22.2. The molecule has 0 atom stereocenters. The minimum Gasteiger partial charge on any atom is -0.493 e. The van der Waals surface area contributed by atoms with Crippen molar-refractivity contribution in [2.75, 3.05) is 7.11 Å². The van der Waals surface area contributed by atoms with E-state index in [0.29, 0.717) is 17.1 Å². The number of halogens is 1. The summed E-state index contributed by atoms with van der Waals surface area (Å²) in [5.41, 5.74) is 8.19. The molecule has 1 N–H and O–H groups in total. The van der Waals surface area contributed by atoms with Gasteiger partial charge in [0.2, 0.25) is 0 Å². The Hall–Kier alpha value is -3.84. The summed E-state index contributed by atoms with van der Waals surface area (Å²) in [4.78, 5) is 12.7. The zero-order chi connectivity index (χ0) is 25.7. The van der Waals surface area contributed by atoms with Crippen LogP contribution in [0, 0.1) is 6.92 Å². The van der Waals surface area contributed by atoms with Crippen molar-refractivity contribution in [2.45, 2.75) is 26.9 Å². The first kappa shape index (κ1) is 25.3. The number of nitrogens with zero attached hydrogens (tertiary/aromatic N) is 2. The minimum absolute atomic E-state index is 0.00625. The number of ether oxygens (including phenoxy) is 2. The summed E-state index contributed by atoms with van der Waals surface area (Å²) in [5.74, 6) is 0.912. The van der Waals surface area contributed by atoms with Crippen molar-refractivity contribution in [3.8, 4) is 28.4 Å². The molecule has 0 aliphatic carbocycles. The largest absolute Gasteiger partial charge is 0.493 e. The van der Waals surface area contributed by atoms with E-state index in [0.717, 1.165) is 32.7 Å². The standard InChI is InChI=1S/C29H28BrN3O3/c1-19(2)36-28-25(30)16-21(17-27(28)35-4)18-31-32-29(34)23-11-13-24(14-12-23)33-20(3)10-15-26(33)22-8-6-5-7-9-22/h5-19H,1-4H3,(H,32,34)/b31-18+. The van der Waals surface area contributed by atoms with E-state index < -0.39 is 0 Å². The molecule has 0 saturated carbocycles. The molecular formula is C29H28BrN3O3. The van der Waals surface area contributed by atoms with Crippen LogP contribution in [-0.2, 0) is 0 Å². The van der Waals surface area contributed by atoms with Crippen molar-refractivity contribution >= 4 is 28.1 Å². The Balaban J connectivity index is 1.47. The van der Waals surface area contributed by atoms with Gasteiger partial charge in [0, 0.05) is 16.9 Å². The van der Waals surface area contributed by atoms with Gasteiger partial charge in [-0.25, -0.2) is 5.43 Å². The molecular weight excluding hydrogens is 518 g/mol. The number of nitrogens with one attached hydrogen (secondary N) is 1. The third-order valence-electron chi connectivity index (χ3n) is 5.52. The van der Waals surface area contributed by atoms with Gasteiger partial charge in [0.25, 0.3) is 5.91 Å². The van der Waals surface area contributed by atoms with E-state index in [-0.39, 0.29) is 12.0 Å². The lowest BCUT2D eigenvalue weighted by Gasteiger charge is -2.15. The summed E-state index contributed by atoms with van der Waals surface area (Å²) in [6, 6.07) is 25.6. The van der Waals surface area contributed by atoms with Crippen LogP contribution in [-0.4, -0.2) is 29.9 Å². The van der Waals surface area contributed by atoms with Crippen LogP contribution in [0.3, 0.4) is 0 Å². The third-order valence-corrected chi connectivity index (χ3v) is 6.11. The molecule has 4 rings (SSSR count). The molecule has 0 spiro atoms. The topological polar surface area (TPSA) is 64.8 Å². The number of rotatable bonds is 8. The fraction of sp³-hybridized carbons (Fsp3) is 0.172. The number of hydrogen-bond donors (Lipinski definition) is 1. The van der Waals surface area contributed by atoms with Crippen LogP contribution in [0.25, 0.3) is 16.9 Å². The molecule has 4 aromatic rings. The fourth-order valence-electron chi connectivity index (χ4n) is 3.87. The van der Waals surface area contributed by atoms with Crippen molar-refractivity contribution < 1.29 is 14.3 Å². The van der Waals surface area contributed by atoms with E-state index in [9.17, 15) is 4.79 Å². The Morgan fingerprint density at radius 2 is 1.75 bits per heavy atom. The van der Waals surface area contributed by atoms with Gasteiger partial charge < -0.3 is 14.0 Å². The molecule has 184 valence electrons. The van der Waals surface area contributed by atoms with Gasteiger partial charge in [-0.05, 0) is 96.4 Å². The van der Waals surface area contributed by atoms with Gasteiger partial charge in [-0.15, -0.1) is 0 Å². The number of carbonyl (C=O) groups is 1. The lowest BCUT2D eigenvalue weighted by atomic mass is 10.1. The SMILES string of the molecule is COc1cc(/C=N/NC(=O)c2ccc(-n3c(C)ccc3-c3ccccc3)cc2)cc(Br)c1OC(C)C. The van der Waals surface area contributed by atoms with E-state index in [1.807, 2.05) is 50.2 Å². The van der Waals surface area contributed by atoms with E-state index in [4.69, 9.17) is 9.47 Å². The molecule has 1 aromatic heterocycles. The molecule has 0 aliphatic heterocycles. The average Bonchev–Trinajstić information content (AvgIpc) is 3.27. The molecule has 1 amide bonds. The number of amides is 1. The van der Waals surface area contributed by atoms with Crippen molar-refractivity contribution in [3.63, 3.8) is 0 Å². The average molecular weight is 546 g/mol. The van der Waals surface area contributed by atoms with Crippen LogP contribution in [0.15, 0.2) is 88.4 Å². The maximum atomic E-state index is 12.7. The predicted octanol–water partition coefficient (Wildman–Crippen LogP) is 6.77. The Morgan fingerprint density at radius 1 is 1.03 bits per heavy atom. The van der Waals surface area contributed by atoms with Crippen molar-refractivity contribution in [2.24, 2.45) is 5.10 Å². The van der Waals surface area contributed by atoms with Gasteiger partial charge in [-0.3, -0.25) is 4.79 Å². The van der Waals surface area contributed by atoms with Crippen LogP contribution in [0.1, 0.15) is 35.5 Å². The number of methoxy groups -OCH3 is 1. The Kier molecular flexibility index (Phi) is 7.90. The number of hydrazone groups is 1. The summed E-state index contributed by atoms with van der Waals surface area (Å²) < 4.78 is 14.2. The highest BCUT2D eigenvalue weighted by molar-refractivity contribution is 9.10. The molecule has 0 saturated heterocycles. The molecule has 0 bridgehead atoms. The molecule has 36 heavy (non-hydrogen) atoms. The first-order valence-electron chi connectivity index (χ1n) is 11.6. The van der Waals surface area contributed by atoms with Gasteiger partial charge in [0.1, 0.15) is 0 Å². The van der Waals surface area contributed by atoms with Gasteiger partial charge >= 0.3 is 0 Å². The van der Waals surface area contributed by atoms with Crippen molar-refractivity contribution in [1.82, 2.24) is 9.99 Å². The quantitative estimate of drug-likeness (QED) is 0.196. The Labute approximate surface area is 219 Å². The smallest absolute Gasteiger partial charge is 0.271 e. The van der Waals surface area contributed by atoms with Crippen LogP contribution >= 0.6 is 15.9 Å². The summed E-state index contributed by atoms with van der Waals surface area (Å²) in [5, 5.41) is 4.12. The van der Waals surface area contributed by atoms with Gasteiger partial charge in [-0.1, -0.05) is 30.3 Å². The number of carbonyl (C=O) groups excluding carboxylic acids is 1. The van der Waals surface area contributed by atoms with E-state index in [2.05, 4.69) is 62.2 Å². The number of aromatic nitrogens is 1. The molecule has 3 aromatic carbocycles. The molecule has 1 heterocycles. The van der Waals surface area contributed by atoms with Crippen LogP contribution in [0.4, 0.5) is 0 Å². The minimum atomic E-state index is -0.295. The second-order valence-electron chi connectivity index (χ2n) is 8.51. The predicted molar refractivity (Wildman–Crippen MR) is 147 cm³/mol. The molecule has 0 fully saturated rings. The van der Waals surface area contributed by atoms with Crippen LogP contribution in [0.2, 0.25) is 0 Å². The van der Waals surface area contributed by atoms with Gasteiger partial charge in [0.05, 0.1) is 29.6 Å². The monoisotopic (exact) mass is 545 g/mol.